The Labute approximate surface area is 167 Å². The zero-order chi connectivity index (χ0) is 20.3. The third kappa shape index (κ3) is 4.28. The van der Waals surface area contributed by atoms with E-state index in [0.717, 1.165) is 10.9 Å². The zero-order valence-electron chi connectivity index (χ0n) is 15.7. The standard InChI is InChI=1S/C21H20ClNO5/c1-12-17-10-16(26-3)8-9-18(17)28-20(12)21(25)27-11-19(24)23-13(2)14-4-6-15(22)7-5-14/h4-10,13H,11H2,1-3H3,(H,23,24)/t13-/m0/s1. The van der Waals surface area contributed by atoms with Crippen LogP contribution < -0.4 is 10.1 Å². The van der Waals surface area contributed by atoms with Crippen LogP contribution in [-0.2, 0) is 9.53 Å². The average Bonchev–Trinajstić information content (AvgIpc) is 3.02. The highest BCUT2D eigenvalue weighted by molar-refractivity contribution is 6.30. The molecule has 0 aliphatic carbocycles. The Bertz CT molecular complexity index is 1010. The fourth-order valence-corrected chi connectivity index (χ4v) is 2.96. The van der Waals surface area contributed by atoms with E-state index >= 15 is 0 Å². The van der Waals surface area contributed by atoms with Crippen LogP contribution in [0.5, 0.6) is 5.75 Å². The van der Waals surface area contributed by atoms with Crippen LogP contribution in [0.25, 0.3) is 11.0 Å². The van der Waals surface area contributed by atoms with Gasteiger partial charge in [0.1, 0.15) is 11.3 Å². The Hall–Kier alpha value is -2.99. The van der Waals surface area contributed by atoms with Gasteiger partial charge in [0.15, 0.2) is 6.61 Å². The number of esters is 1. The maximum absolute atomic E-state index is 12.3. The van der Waals surface area contributed by atoms with E-state index in [4.69, 9.17) is 25.5 Å². The zero-order valence-corrected chi connectivity index (χ0v) is 16.5. The Morgan fingerprint density at radius 2 is 1.89 bits per heavy atom. The van der Waals surface area contributed by atoms with Crippen molar-refractivity contribution in [1.29, 1.82) is 0 Å². The molecule has 0 radical (unpaired) electrons. The lowest BCUT2D eigenvalue weighted by atomic mass is 10.1. The fraction of sp³-hybridized carbons (Fsp3) is 0.238. The molecule has 0 aliphatic heterocycles. The van der Waals surface area contributed by atoms with Crippen molar-refractivity contribution in [1.82, 2.24) is 5.32 Å². The van der Waals surface area contributed by atoms with E-state index in [1.54, 1.807) is 44.4 Å². The van der Waals surface area contributed by atoms with Crippen molar-refractivity contribution >= 4 is 34.4 Å². The second kappa shape index (κ2) is 8.35. The number of carbonyl (C=O) groups excluding carboxylic acids is 2. The Morgan fingerprint density at radius 1 is 1.18 bits per heavy atom. The maximum Gasteiger partial charge on any atom is 0.375 e. The Balaban J connectivity index is 1.62. The lowest BCUT2D eigenvalue weighted by Gasteiger charge is -2.14. The van der Waals surface area contributed by atoms with Gasteiger partial charge in [-0.2, -0.15) is 0 Å². The van der Waals surface area contributed by atoms with Crippen LogP contribution in [0.2, 0.25) is 5.02 Å². The van der Waals surface area contributed by atoms with Crippen molar-refractivity contribution < 1.29 is 23.5 Å². The van der Waals surface area contributed by atoms with Gasteiger partial charge in [-0.05, 0) is 49.7 Å². The summed E-state index contributed by atoms with van der Waals surface area (Å²) in [6.45, 7) is 3.18. The van der Waals surface area contributed by atoms with Crippen molar-refractivity contribution in [2.75, 3.05) is 13.7 Å². The molecular weight excluding hydrogens is 382 g/mol. The molecule has 1 aromatic heterocycles. The fourth-order valence-electron chi connectivity index (χ4n) is 2.84. The lowest BCUT2D eigenvalue weighted by molar-refractivity contribution is -0.124. The minimum atomic E-state index is -0.693. The minimum Gasteiger partial charge on any atom is -0.497 e. The number of amides is 1. The van der Waals surface area contributed by atoms with E-state index < -0.39 is 18.5 Å². The summed E-state index contributed by atoms with van der Waals surface area (Å²) in [6, 6.07) is 12.1. The smallest absolute Gasteiger partial charge is 0.375 e. The molecule has 1 N–H and O–H groups in total. The molecule has 0 aliphatic rings. The average molecular weight is 402 g/mol. The highest BCUT2D eigenvalue weighted by Crippen LogP contribution is 2.29. The van der Waals surface area contributed by atoms with Crippen LogP contribution in [0.1, 0.15) is 34.6 Å². The van der Waals surface area contributed by atoms with Crippen LogP contribution in [0, 0.1) is 6.92 Å². The summed E-state index contributed by atoms with van der Waals surface area (Å²) >= 11 is 5.86. The molecule has 1 heterocycles. The molecule has 0 spiro atoms. The molecule has 7 heteroatoms. The maximum atomic E-state index is 12.3. The van der Waals surface area contributed by atoms with Crippen LogP contribution in [0.4, 0.5) is 0 Å². The van der Waals surface area contributed by atoms with Gasteiger partial charge in [0.2, 0.25) is 5.76 Å². The normalized spacial score (nSPS) is 11.9. The number of furan rings is 1. The van der Waals surface area contributed by atoms with Gasteiger partial charge in [-0.15, -0.1) is 0 Å². The van der Waals surface area contributed by atoms with E-state index in [2.05, 4.69) is 5.32 Å². The number of rotatable bonds is 6. The van der Waals surface area contributed by atoms with Crippen molar-refractivity contribution in [3.05, 3.63) is 64.4 Å². The summed E-state index contributed by atoms with van der Waals surface area (Å²) in [6.07, 6.45) is 0. The van der Waals surface area contributed by atoms with Gasteiger partial charge in [0.25, 0.3) is 5.91 Å². The lowest BCUT2D eigenvalue weighted by Crippen LogP contribution is -2.31. The topological polar surface area (TPSA) is 77.8 Å². The predicted molar refractivity (Wildman–Crippen MR) is 106 cm³/mol. The monoisotopic (exact) mass is 401 g/mol. The molecule has 3 aromatic rings. The van der Waals surface area contributed by atoms with Crippen LogP contribution in [0.15, 0.2) is 46.9 Å². The van der Waals surface area contributed by atoms with E-state index in [1.807, 2.05) is 19.1 Å². The molecular formula is C21H20ClNO5. The first-order chi connectivity index (χ1) is 13.4. The van der Waals surface area contributed by atoms with Crippen LogP contribution in [-0.4, -0.2) is 25.6 Å². The van der Waals surface area contributed by atoms with Crippen molar-refractivity contribution in [2.45, 2.75) is 19.9 Å². The summed E-state index contributed by atoms with van der Waals surface area (Å²) in [7, 11) is 1.56. The summed E-state index contributed by atoms with van der Waals surface area (Å²) in [4.78, 5) is 24.5. The Morgan fingerprint density at radius 3 is 2.57 bits per heavy atom. The van der Waals surface area contributed by atoms with Crippen molar-refractivity contribution in [2.24, 2.45) is 0 Å². The molecule has 3 rings (SSSR count). The Kier molecular flexibility index (Phi) is 5.90. The van der Waals surface area contributed by atoms with E-state index in [9.17, 15) is 9.59 Å². The summed E-state index contributed by atoms with van der Waals surface area (Å²) in [5, 5.41) is 4.15. The first-order valence-electron chi connectivity index (χ1n) is 8.68. The van der Waals surface area contributed by atoms with Gasteiger partial charge in [0.05, 0.1) is 13.2 Å². The number of hydrogen-bond donors (Lipinski definition) is 1. The minimum absolute atomic E-state index is 0.0711. The summed E-state index contributed by atoms with van der Waals surface area (Å²) in [5.41, 5.74) is 2.08. The summed E-state index contributed by atoms with van der Waals surface area (Å²) in [5.74, 6) is -0.373. The molecule has 0 unspecified atom stereocenters. The van der Waals surface area contributed by atoms with Gasteiger partial charge in [-0.3, -0.25) is 4.79 Å². The number of nitrogens with one attached hydrogen (secondary N) is 1. The number of halogens is 1. The molecule has 0 bridgehead atoms. The molecule has 0 saturated heterocycles. The highest BCUT2D eigenvalue weighted by atomic mass is 35.5. The predicted octanol–water partition coefficient (Wildman–Crippen LogP) is 4.44. The molecule has 0 fully saturated rings. The van der Waals surface area contributed by atoms with Gasteiger partial charge < -0.3 is 19.2 Å². The second-order valence-corrected chi connectivity index (χ2v) is 6.77. The molecule has 28 heavy (non-hydrogen) atoms. The number of methoxy groups -OCH3 is 1. The van der Waals surface area contributed by atoms with Gasteiger partial charge in [-0.1, -0.05) is 23.7 Å². The second-order valence-electron chi connectivity index (χ2n) is 6.34. The number of hydrogen-bond acceptors (Lipinski definition) is 5. The first-order valence-corrected chi connectivity index (χ1v) is 9.06. The van der Waals surface area contributed by atoms with Crippen molar-refractivity contribution in [3.63, 3.8) is 0 Å². The number of aryl methyl sites for hydroxylation is 1. The van der Waals surface area contributed by atoms with Gasteiger partial charge in [0, 0.05) is 16.0 Å². The van der Waals surface area contributed by atoms with Crippen LogP contribution in [0.3, 0.4) is 0 Å². The van der Waals surface area contributed by atoms with Gasteiger partial charge >= 0.3 is 5.97 Å². The summed E-state index contributed by atoms with van der Waals surface area (Å²) < 4.78 is 15.9. The van der Waals surface area contributed by atoms with E-state index in [0.29, 0.717) is 21.9 Å². The quantitative estimate of drug-likeness (QED) is 0.618. The molecule has 1 atom stereocenters. The van der Waals surface area contributed by atoms with E-state index in [1.165, 1.54) is 0 Å². The number of benzene rings is 2. The molecule has 1 amide bonds. The largest absolute Gasteiger partial charge is 0.497 e. The molecule has 146 valence electrons. The number of fused-ring (bicyclic) bond motifs is 1. The number of ether oxygens (including phenoxy) is 2. The molecule has 0 saturated carbocycles. The first kappa shape index (κ1) is 19.8. The SMILES string of the molecule is COc1ccc2oc(C(=O)OCC(=O)N[C@@H](C)c3ccc(Cl)cc3)c(C)c2c1. The number of carbonyl (C=O) groups is 2. The molecule has 6 nitrogen and oxygen atoms in total. The highest BCUT2D eigenvalue weighted by Gasteiger charge is 2.21. The molecule has 2 aromatic carbocycles. The third-order valence-corrected chi connectivity index (χ3v) is 4.66. The van der Waals surface area contributed by atoms with E-state index in [-0.39, 0.29) is 11.8 Å². The third-order valence-electron chi connectivity index (χ3n) is 4.41. The van der Waals surface area contributed by atoms with Crippen LogP contribution >= 0.6 is 11.6 Å². The van der Waals surface area contributed by atoms with Gasteiger partial charge in [-0.25, -0.2) is 4.79 Å². The van der Waals surface area contributed by atoms with Crippen molar-refractivity contribution in [3.8, 4) is 5.75 Å².